The van der Waals surface area contributed by atoms with Gasteiger partial charge in [-0.05, 0) is 30.5 Å². The summed E-state index contributed by atoms with van der Waals surface area (Å²) in [6.07, 6.45) is 2.58. The van der Waals surface area contributed by atoms with E-state index in [2.05, 4.69) is 10.6 Å². The van der Waals surface area contributed by atoms with Gasteiger partial charge in [-0.15, -0.1) is 0 Å². The molecule has 0 saturated heterocycles. The maximum atomic E-state index is 13.2. The van der Waals surface area contributed by atoms with E-state index >= 15 is 0 Å². The zero-order chi connectivity index (χ0) is 13.9. The van der Waals surface area contributed by atoms with Gasteiger partial charge < -0.3 is 10.6 Å². The van der Waals surface area contributed by atoms with E-state index in [1.54, 1.807) is 6.07 Å². The van der Waals surface area contributed by atoms with Crippen molar-refractivity contribution in [1.29, 1.82) is 0 Å². The third kappa shape index (κ3) is 4.25. The Balaban J connectivity index is 1.80. The molecule has 0 unspecified atom stereocenters. The van der Waals surface area contributed by atoms with Crippen LogP contribution in [0.2, 0.25) is 0 Å². The van der Waals surface area contributed by atoms with E-state index in [-0.39, 0.29) is 5.41 Å². The van der Waals surface area contributed by atoms with Crippen molar-refractivity contribution in [2.75, 3.05) is 19.6 Å². The van der Waals surface area contributed by atoms with Crippen LogP contribution in [0.1, 0.15) is 32.3 Å². The van der Waals surface area contributed by atoms with Crippen molar-refractivity contribution >= 4 is 0 Å². The summed E-state index contributed by atoms with van der Waals surface area (Å²) in [5, 5.41) is 6.79. The summed E-state index contributed by atoms with van der Waals surface area (Å²) < 4.78 is 26.2. The number of halogens is 2. The second kappa shape index (κ2) is 5.97. The molecule has 19 heavy (non-hydrogen) atoms. The lowest BCUT2D eigenvalue weighted by atomic mass is 9.84. The van der Waals surface area contributed by atoms with Gasteiger partial charge in [-0.3, -0.25) is 0 Å². The van der Waals surface area contributed by atoms with Crippen molar-refractivity contribution in [2.24, 2.45) is 0 Å². The van der Waals surface area contributed by atoms with E-state index in [1.807, 2.05) is 13.8 Å². The molecule has 0 aromatic heterocycles. The van der Waals surface area contributed by atoms with Crippen LogP contribution >= 0.6 is 0 Å². The van der Waals surface area contributed by atoms with Crippen LogP contribution in [-0.4, -0.2) is 25.7 Å². The summed E-state index contributed by atoms with van der Waals surface area (Å²) in [5.74, 6) is -1.57. The molecule has 2 rings (SSSR count). The molecule has 0 bridgehead atoms. The second-order valence-electron chi connectivity index (χ2n) is 5.92. The molecule has 2 nitrogen and oxygen atoms in total. The van der Waals surface area contributed by atoms with E-state index in [0.29, 0.717) is 0 Å². The van der Waals surface area contributed by atoms with Gasteiger partial charge in [0.2, 0.25) is 0 Å². The molecule has 1 saturated carbocycles. The molecule has 0 atom stereocenters. The summed E-state index contributed by atoms with van der Waals surface area (Å²) in [4.78, 5) is 0. The highest BCUT2D eigenvalue weighted by Gasteiger charge is 2.22. The Labute approximate surface area is 113 Å². The van der Waals surface area contributed by atoms with Gasteiger partial charge in [-0.2, -0.15) is 0 Å². The van der Waals surface area contributed by atoms with Gasteiger partial charge in [0.15, 0.2) is 11.6 Å². The van der Waals surface area contributed by atoms with Crippen LogP contribution in [-0.2, 0) is 5.41 Å². The summed E-state index contributed by atoms with van der Waals surface area (Å²) in [5.41, 5.74) is 0.600. The second-order valence-corrected chi connectivity index (χ2v) is 5.92. The number of hydrogen-bond acceptors (Lipinski definition) is 2. The fourth-order valence-electron chi connectivity index (χ4n) is 2.07. The third-order valence-electron chi connectivity index (χ3n) is 3.58. The van der Waals surface area contributed by atoms with Gasteiger partial charge >= 0.3 is 0 Å². The van der Waals surface area contributed by atoms with Gasteiger partial charge in [0.1, 0.15) is 0 Å². The first-order chi connectivity index (χ1) is 8.99. The molecule has 1 fully saturated rings. The Morgan fingerprint density at radius 1 is 1.16 bits per heavy atom. The molecular formula is C15H22F2N2. The maximum Gasteiger partial charge on any atom is 0.159 e. The Morgan fingerprint density at radius 3 is 2.53 bits per heavy atom. The molecule has 0 amide bonds. The highest BCUT2D eigenvalue weighted by Crippen LogP contribution is 2.24. The Kier molecular flexibility index (Phi) is 4.53. The Morgan fingerprint density at radius 2 is 1.89 bits per heavy atom. The molecule has 1 aliphatic carbocycles. The fourth-order valence-corrected chi connectivity index (χ4v) is 2.07. The van der Waals surface area contributed by atoms with Crippen molar-refractivity contribution in [3.05, 3.63) is 35.4 Å². The molecule has 4 heteroatoms. The first kappa shape index (κ1) is 14.4. The average Bonchev–Trinajstić information content (AvgIpc) is 3.16. The molecule has 0 spiro atoms. The number of rotatable bonds is 7. The topological polar surface area (TPSA) is 24.1 Å². The van der Waals surface area contributed by atoms with Crippen molar-refractivity contribution < 1.29 is 8.78 Å². The molecule has 106 valence electrons. The minimum atomic E-state index is -0.791. The monoisotopic (exact) mass is 268 g/mol. The van der Waals surface area contributed by atoms with E-state index in [4.69, 9.17) is 0 Å². The molecule has 2 N–H and O–H groups in total. The highest BCUT2D eigenvalue weighted by atomic mass is 19.2. The molecule has 1 aromatic rings. The van der Waals surface area contributed by atoms with Gasteiger partial charge in [0.05, 0.1) is 0 Å². The lowest BCUT2D eigenvalue weighted by molar-refractivity contribution is 0.454. The molecular weight excluding hydrogens is 246 g/mol. The van der Waals surface area contributed by atoms with Crippen molar-refractivity contribution in [3.8, 4) is 0 Å². The van der Waals surface area contributed by atoms with Crippen LogP contribution in [0.25, 0.3) is 0 Å². The Bertz CT molecular complexity index is 428. The first-order valence-corrected chi connectivity index (χ1v) is 6.89. The predicted molar refractivity (Wildman–Crippen MR) is 73.3 cm³/mol. The van der Waals surface area contributed by atoms with Crippen LogP contribution < -0.4 is 10.6 Å². The summed E-state index contributed by atoms with van der Waals surface area (Å²) >= 11 is 0. The highest BCUT2D eigenvalue weighted by molar-refractivity contribution is 5.25. The zero-order valence-electron chi connectivity index (χ0n) is 11.6. The average molecular weight is 268 g/mol. The number of nitrogens with one attached hydrogen (secondary N) is 2. The normalized spacial score (nSPS) is 15.8. The van der Waals surface area contributed by atoms with Crippen molar-refractivity contribution in [1.82, 2.24) is 10.6 Å². The molecule has 1 aliphatic rings. The predicted octanol–water partition coefficient (Wildman–Crippen LogP) is 2.58. The lowest BCUT2D eigenvalue weighted by Gasteiger charge is -2.26. The van der Waals surface area contributed by atoms with Gasteiger partial charge in [-0.1, -0.05) is 19.9 Å². The van der Waals surface area contributed by atoms with Crippen molar-refractivity contribution in [3.63, 3.8) is 0 Å². The zero-order valence-corrected chi connectivity index (χ0v) is 11.6. The molecule has 0 heterocycles. The van der Waals surface area contributed by atoms with Gasteiger partial charge in [-0.25, -0.2) is 8.78 Å². The largest absolute Gasteiger partial charge is 0.315 e. The molecule has 1 aromatic carbocycles. The van der Waals surface area contributed by atoms with Crippen LogP contribution in [0.3, 0.4) is 0 Å². The number of hydrogen-bond donors (Lipinski definition) is 2. The molecule has 0 radical (unpaired) electrons. The first-order valence-electron chi connectivity index (χ1n) is 6.89. The van der Waals surface area contributed by atoms with Crippen LogP contribution in [0.15, 0.2) is 18.2 Å². The van der Waals surface area contributed by atoms with E-state index in [1.165, 1.54) is 25.0 Å². The van der Waals surface area contributed by atoms with Gasteiger partial charge in [0, 0.05) is 31.1 Å². The van der Waals surface area contributed by atoms with E-state index < -0.39 is 11.6 Å². The lowest BCUT2D eigenvalue weighted by Crippen LogP contribution is -2.37. The quantitative estimate of drug-likeness (QED) is 0.743. The summed E-state index contributed by atoms with van der Waals surface area (Å²) in [6.45, 7) is 6.65. The van der Waals surface area contributed by atoms with Gasteiger partial charge in [0.25, 0.3) is 0 Å². The van der Waals surface area contributed by atoms with Crippen molar-refractivity contribution in [2.45, 2.75) is 38.1 Å². The fraction of sp³-hybridized carbons (Fsp3) is 0.600. The summed E-state index contributed by atoms with van der Waals surface area (Å²) in [7, 11) is 0. The summed E-state index contributed by atoms with van der Waals surface area (Å²) in [6, 6.07) is 4.87. The number of benzene rings is 1. The Hall–Kier alpha value is -1.00. The third-order valence-corrected chi connectivity index (χ3v) is 3.58. The minimum absolute atomic E-state index is 0.214. The van der Waals surface area contributed by atoms with E-state index in [9.17, 15) is 8.78 Å². The van der Waals surface area contributed by atoms with Crippen LogP contribution in [0.4, 0.5) is 8.78 Å². The van der Waals surface area contributed by atoms with Crippen LogP contribution in [0, 0.1) is 11.6 Å². The minimum Gasteiger partial charge on any atom is -0.315 e. The SMILES string of the molecule is CC(C)(CNCCNC1CC1)c1ccc(F)c(F)c1. The maximum absolute atomic E-state index is 13.2. The molecule has 0 aliphatic heterocycles. The van der Waals surface area contributed by atoms with E-state index in [0.717, 1.165) is 31.2 Å². The van der Waals surface area contributed by atoms with Crippen LogP contribution in [0.5, 0.6) is 0 Å². The smallest absolute Gasteiger partial charge is 0.159 e. The standard InChI is InChI=1S/C15H22F2N2/c1-15(2,10-18-7-8-19-12-4-5-12)11-3-6-13(16)14(17)9-11/h3,6,9,12,18-19H,4-5,7-8,10H2,1-2H3.